The van der Waals surface area contributed by atoms with E-state index in [0.29, 0.717) is 5.91 Å². The van der Waals surface area contributed by atoms with Crippen molar-refractivity contribution in [3.05, 3.63) is 30.0 Å². The Balaban J connectivity index is 1.53. The second kappa shape index (κ2) is 3.61. The number of carbonyl (C=O) groups is 1. The SMILES string of the molecule is O=C(N1CCSc2c([nH]c3ccccc23)C1)C12CC1C2. The van der Waals surface area contributed by atoms with Crippen LogP contribution in [-0.4, -0.2) is 28.1 Å². The molecule has 1 N–H and O–H groups in total. The van der Waals surface area contributed by atoms with Gasteiger partial charge in [-0.3, -0.25) is 4.79 Å². The number of aromatic amines is 1. The van der Waals surface area contributed by atoms with Gasteiger partial charge in [-0.1, -0.05) is 18.2 Å². The highest BCUT2D eigenvalue weighted by molar-refractivity contribution is 7.99. The molecule has 2 fully saturated rings. The zero-order chi connectivity index (χ0) is 13.3. The maximum Gasteiger partial charge on any atom is 0.229 e. The lowest BCUT2D eigenvalue weighted by molar-refractivity contribution is -0.135. The number of thioether (sulfide) groups is 1. The normalized spacial score (nSPS) is 30.6. The zero-order valence-electron chi connectivity index (χ0n) is 11.2. The molecule has 1 aliphatic heterocycles. The van der Waals surface area contributed by atoms with Crippen molar-refractivity contribution in [2.24, 2.45) is 11.3 Å². The van der Waals surface area contributed by atoms with Gasteiger partial charge in [-0.15, -0.1) is 11.8 Å². The first-order valence-corrected chi connectivity index (χ1v) is 8.28. The summed E-state index contributed by atoms with van der Waals surface area (Å²) < 4.78 is 0. The third kappa shape index (κ3) is 1.40. The predicted octanol–water partition coefficient (Wildman–Crippen LogP) is 3.01. The fourth-order valence-corrected chi connectivity index (χ4v) is 4.65. The molecule has 2 aliphatic carbocycles. The lowest BCUT2D eigenvalue weighted by Gasteiger charge is -2.21. The van der Waals surface area contributed by atoms with Crippen LogP contribution in [-0.2, 0) is 11.3 Å². The van der Waals surface area contributed by atoms with Gasteiger partial charge >= 0.3 is 0 Å². The molecule has 0 atom stereocenters. The summed E-state index contributed by atoms with van der Waals surface area (Å²) in [6.07, 6.45) is 2.30. The molecule has 2 saturated carbocycles. The standard InChI is InChI=1S/C16H16N2OS/c19-15(16-7-10(16)8-16)18-5-6-20-14-11-3-1-2-4-12(11)17-13(14)9-18/h1-4,10,17H,5-9H2. The van der Waals surface area contributed by atoms with Gasteiger partial charge in [0.15, 0.2) is 0 Å². The highest BCUT2D eigenvalue weighted by Crippen LogP contribution is 2.76. The average molecular weight is 284 g/mol. The molecule has 2 heterocycles. The smallest absolute Gasteiger partial charge is 0.229 e. The van der Waals surface area contributed by atoms with Crippen molar-refractivity contribution in [1.29, 1.82) is 0 Å². The molecule has 3 nitrogen and oxygen atoms in total. The quantitative estimate of drug-likeness (QED) is 0.874. The summed E-state index contributed by atoms with van der Waals surface area (Å²) in [6, 6.07) is 8.44. The van der Waals surface area contributed by atoms with Crippen molar-refractivity contribution < 1.29 is 4.79 Å². The van der Waals surface area contributed by atoms with Crippen LogP contribution in [0.25, 0.3) is 10.9 Å². The van der Waals surface area contributed by atoms with Crippen LogP contribution in [0.1, 0.15) is 18.5 Å². The lowest BCUT2D eigenvalue weighted by atomic mass is 10.2. The number of amides is 1. The molecular weight excluding hydrogens is 268 g/mol. The molecule has 0 unspecified atom stereocenters. The van der Waals surface area contributed by atoms with E-state index < -0.39 is 0 Å². The van der Waals surface area contributed by atoms with Crippen LogP contribution in [0.3, 0.4) is 0 Å². The monoisotopic (exact) mass is 284 g/mol. The van der Waals surface area contributed by atoms with E-state index in [4.69, 9.17) is 0 Å². The third-order valence-electron chi connectivity index (χ3n) is 5.08. The number of para-hydroxylation sites is 1. The largest absolute Gasteiger partial charge is 0.356 e. The molecule has 5 rings (SSSR count). The number of nitrogens with one attached hydrogen (secondary N) is 1. The average Bonchev–Trinajstić information content (AvgIpc) is 3.29. The van der Waals surface area contributed by atoms with E-state index in [1.165, 1.54) is 21.5 Å². The molecule has 1 aromatic carbocycles. The molecule has 0 bridgehead atoms. The number of H-pyrrole nitrogens is 1. The van der Waals surface area contributed by atoms with Crippen LogP contribution in [0, 0.1) is 11.3 Å². The van der Waals surface area contributed by atoms with Crippen LogP contribution in [0.5, 0.6) is 0 Å². The Morgan fingerprint density at radius 1 is 1.35 bits per heavy atom. The second-order valence-electron chi connectivity index (χ2n) is 6.31. The summed E-state index contributed by atoms with van der Waals surface area (Å²) in [4.78, 5) is 19.5. The van der Waals surface area contributed by atoms with E-state index in [0.717, 1.165) is 37.6 Å². The van der Waals surface area contributed by atoms with Crippen molar-refractivity contribution in [3.63, 3.8) is 0 Å². The molecule has 1 aromatic heterocycles. The molecule has 20 heavy (non-hydrogen) atoms. The van der Waals surface area contributed by atoms with Gasteiger partial charge in [-0.2, -0.15) is 0 Å². The number of benzene rings is 1. The van der Waals surface area contributed by atoms with E-state index in [-0.39, 0.29) is 5.41 Å². The van der Waals surface area contributed by atoms with Gasteiger partial charge in [0.05, 0.1) is 12.0 Å². The lowest BCUT2D eigenvalue weighted by Crippen LogP contribution is -2.35. The fourth-order valence-electron chi connectivity index (χ4n) is 3.52. The summed E-state index contributed by atoms with van der Waals surface area (Å²) in [5, 5.41) is 1.30. The minimum absolute atomic E-state index is 0.0984. The van der Waals surface area contributed by atoms with E-state index in [2.05, 4.69) is 34.1 Å². The summed E-state index contributed by atoms with van der Waals surface area (Å²) in [5.74, 6) is 2.14. The van der Waals surface area contributed by atoms with Crippen molar-refractivity contribution >= 4 is 28.6 Å². The van der Waals surface area contributed by atoms with Gasteiger partial charge in [-0.25, -0.2) is 0 Å². The molecule has 3 aliphatic rings. The topological polar surface area (TPSA) is 36.1 Å². The van der Waals surface area contributed by atoms with E-state index in [1.807, 2.05) is 11.8 Å². The Morgan fingerprint density at radius 2 is 2.15 bits per heavy atom. The number of nitrogens with zero attached hydrogens (tertiary/aromatic N) is 1. The fraction of sp³-hybridized carbons (Fsp3) is 0.438. The van der Waals surface area contributed by atoms with Crippen molar-refractivity contribution in [2.75, 3.05) is 12.3 Å². The van der Waals surface area contributed by atoms with Gasteiger partial charge in [-0.05, 0) is 24.8 Å². The van der Waals surface area contributed by atoms with E-state index in [9.17, 15) is 4.79 Å². The molecule has 0 spiro atoms. The van der Waals surface area contributed by atoms with Gasteiger partial charge in [0.25, 0.3) is 0 Å². The van der Waals surface area contributed by atoms with Crippen molar-refractivity contribution in [1.82, 2.24) is 9.88 Å². The third-order valence-corrected chi connectivity index (χ3v) is 6.23. The van der Waals surface area contributed by atoms with Gasteiger partial charge < -0.3 is 9.88 Å². The van der Waals surface area contributed by atoms with Crippen molar-refractivity contribution in [2.45, 2.75) is 24.3 Å². The van der Waals surface area contributed by atoms with Crippen molar-refractivity contribution in [3.8, 4) is 0 Å². The maximum absolute atomic E-state index is 12.6. The minimum atomic E-state index is 0.0984. The first-order valence-electron chi connectivity index (χ1n) is 7.30. The summed E-state index contributed by atoms with van der Waals surface area (Å²) in [5.41, 5.74) is 2.51. The molecule has 1 amide bonds. The number of aromatic nitrogens is 1. The first-order chi connectivity index (χ1) is 9.78. The Bertz CT molecular complexity index is 729. The summed E-state index contributed by atoms with van der Waals surface area (Å²) in [6.45, 7) is 1.64. The van der Waals surface area contributed by atoms with Crippen LogP contribution in [0.15, 0.2) is 29.2 Å². The number of hydrogen-bond donors (Lipinski definition) is 1. The van der Waals surface area contributed by atoms with Gasteiger partial charge in [0, 0.05) is 33.8 Å². The first kappa shape index (κ1) is 11.3. The highest BCUT2D eigenvalue weighted by Gasteiger charge is 2.75. The van der Waals surface area contributed by atoms with Crippen LogP contribution < -0.4 is 0 Å². The predicted molar refractivity (Wildman–Crippen MR) is 79.6 cm³/mol. The van der Waals surface area contributed by atoms with Gasteiger partial charge in [0.1, 0.15) is 0 Å². The molecule has 0 radical (unpaired) electrons. The van der Waals surface area contributed by atoms with Crippen LogP contribution in [0.2, 0.25) is 0 Å². The maximum atomic E-state index is 12.6. The van der Waals surface area contributed by atoms with Gasteiger partial charge in [0.2, 0.25) is 5.91 Å². The van der Waals surface area contributed by atoms with Crippen LogP contribution >= 0.6 is 11.8 Å². The van der Waals surface area contributed by atoms with Crippen LogP contribution in [0.4, 0.5) is 0 Å². The number of fused-ring (bicyclic) bond motifs is 4. The Labute approximate surface area is 121 Å². The molecular formula is C16H16N2OS. The van der Waals surface area contributed by atoms with E-state index in [1.54, 1.807) is 0 Å². The number of carbonyl (C=O) groups excluding carboxylic acids is 1. The Hall–Kier alpha value is -1.42. The minimum Gasteiger partial charge on any atom is -0.356 e. The van der Waals surface area contributed by atoms with E-state index >= 15 is 0 Å². The highest BCUT2D eigenvalue weighted by atomic mass is 32.2. The Kier molecular flexibility index (Phi) is 2.03. The zero-order valence-corrected chi connectivity index (χ0v) is 12.0. The molecule has 4 heteroatoms. The number of hydrogen-bond acceptors (Lipinski definition) is 2. The molecule has 0 saturated heterocycles. The Morgan fingerprint density at radius 3 is 2.95 bits per heavy atom. The summed E-state index contributed by atoms with van der Waals surface area (Å²) >= 11 is 1.89. The number of rotatable bonds is 1. The molecule has 2 aromatic rings. The second-order valence-corrected chi connectivity index (χ2v) is 7.42. The molecule has 102 valence electrons. The summed E-state index contributed by atoms with van der Waals surface area (Å²) in [7, 11) is 0.